The van der Waals surface area contributed by atoms with Crippen molar-refractivity contribution in [2.75, 3.05) is 13.7 Å². The molecule has 1 aromatic rings. The SMILES string of the molecule is COc1ccc(S[C@H](C)C(=O)NCCC(C)C)cc1. The second kappa shape index (κ2) is 8.10. The summed E-state index contributed by atoms with van der Waals surface area (Å²) in [4.78, 5) is 13.0. The zero-order chi connectivity index (χ0) is 14.3. The molecule has 1 aromatic carbocycles. The summed E-state index contributed by atoms with van der Waals surface area (Å²) in [6.07, 6.45) is 1.02. The van der Waals surface area contributed by atoms with Crippen molar-refractivity contribution >= 4 is 17.7 Å². The van der Waals surface area contributed by atoms with E-state index in [0.717, 1.165) is 23.6 Å². The van der Waals surface area contributed by atoms with Crippen LogP contribution in [0.2, 0.25) is 0 Å². The molecule has 0 aromatic heterocycles. The molecule has 0 spiro atoms. The Morgan fingerprint density at radius 1 is 1.26 bits per heavy atom. The lowest BCUT2D eigenvalue weighted by molar-refractivity contribution is -0.120. The second-order valence-corrected chi connectivity index (χ2v) is 6.32. The summed E-state index contributed by atoms with van der Waals surface area (Å²) in [6.45, 7) is 6.99. The van der Waals surface area contributed by atoms with E-state index >= 15 is 0 Å². The average Bonchev–Trinajstić information content (AvgIpc) is 2.39. The van der Waals surface area contributed by atoms with Crippen LogP contribution in [0.5, 0.6) is 5.75 Å². The van der Waals surface area contributed by atoms with Gasteiger partial charge in [-0.15, -0.1) is 11.8 Å². The zero-order valence-electron chi connectivity index (χ0n) is 12.1. The molecule has 19 heavy (non-hydrogen) atoms. The predicted molar refractivity (Wildman–Crippen MR) is 80.8 cm³/mol. The first kappa shape index (κ1) is 15.9. The molecule has 1 atom stereocenters. The highest BCUT2D eigenvalue weighted by atomic mass is 32.2. The van der Waals surface area contributed by atoms with E-state index in [0.29, 0.717) is 5.92 Å². The molecule has 0 aliphatic rings. The fourth-order valence-corrected chi connectivity index (χ4v) is 2.43. The van der Waals surface area contributed by atoms with E-state index < -0.39 is 0 Å². The summed E-state index contributed by atoms with van der Waals surface area (Å²) in [7, 11) is 1.65. The molecule has 0 saturated carbocycles. The normalized spacial score (nSPS) is 12.3. The molecule has 0 aliphatic heterocycles. The van der Waals surface area contributed by atoms with Gasteiger partial charge < -0.3 is 10.1 Å². The van der Waals surface area contributed by atoms with Crippen molar-refractivity contribution in [3.63, 3.8) is 0 Å². The first-order chi connectivity index (χ1) is 9.02. The van der Waals surface area contributed by atoms with Gasteiger partial charge >= 0.3 is 0 Å². The predicted octanol–water partition coefficient (Wildman–Crippen LogP) is 3.34. The number of methoxy groups -OCH3 is 1. The van der Waals surface area contributed by atoms with E-state index in [-0.39, 0.29) is 11.2 Å². The summed E-state index contributed by atoms with van der Waals surface area (Å²) in [6, 6.07) is 7.76. The molecule has 0 aliphatic carbocycles. The van der Waals surface area contributed by atoms with E-state index in [1.807, 2.05) is 31.2 Å². The number of hydrogen-bond donors (Lipinski definition) is 1. The highest BCUT2D eigenvalue weighted by Crippen LogP contribution is 2.25. The molecule has 0 radical (unpaired) electrons. The maximum atomic E-state index is 11.9. The van der Waals surface area contributed by atoms with Crippen molar-refractivity contribution in [2.24, 2.45) is 5.92 Å². The van der Waals surface area contributed by atoms with Crippen LogP contribution in [0.15, 0.2) is 29.2 Å². The van der Waals surface area contributed by atoms with Crippen molar-refractivity contribution < 1.29 is 9.53 Å². The van der Waals surface area contributed by atoms with E-state index in [9.17, 15) is 4.79 Å². The highest BCUT2D eigenvalue weighted by molar-refractivity contribution is 8.00. The summed E-state index contributed by atoms with van der Waals surface area (Å²) >= 11 is 1.56. The van der Waals surface area contributed by atoms with E-state index in [2.05, 4.69) is 19.2 Å². The van der Waals surface area contributed by atoms with Crippen molar-refractivity contribution in [1.82, 2.24) is 5.32 Å². The summed E-state index contributed by atoms with van der Waals surface area (Å²) in [5.41, 5.74) is 0. The van der Waals surface area contributed by atoms with Gasteiger partial charge in [-0.1, -0.05) is 13.8 Å². The molecule has 0 unspecified atom stereocenters. The number of hydrogen-bond acceptors (Lipinski definition) is 3. The first-order valence-corrected chi connectivity index (χ1v) is 7.49. The third-order valence-electron chi connectivity index (χ3n) is 2.76. The summed E-state index contributed by atoms with van der Waals surface area (Å²) < 4.78 is 5.11. The topological polar surface area (TPSA) is 38.3 Å². The minimum Gasteiger partial charge on any atom is -0.497 e. The van der Waals surface area contributed by atoms with Crippen LogP contribution in [0.25, 0.3) is 0 Å². The smallest absolute Gasteiger partial charge is 0.233 e. The van der Waals surface area contributed by atoms with Gasteiger partial charge in [0.05, 0.1) is 12.4 Å². The van der Waals surface area contributed by atoms with Crippen LogP contribution in [-0.2, 0) is 4.79 Å². The Morgan fingerprint density at radius 2 is 1.89 bits per heavy atom. The van der Waals surface area contributed by atoms with Crippen molar-refractivity contribution in [2.45, 2.75) is 37.3 Å². The maximum absolute atomic E-state index is 11.9. The van der Waals surface area contributed by atoms with Crippen molar-refractivity contribution in [3.05, 3.63) is 24.3 Å². The van der Waals surface area contributed by atoms with E-state index in [1.165, 1.54) is 0 Å². The van der Waals surface area contributed by atoms with Crippen LogP contribution in [0.4, 0.5) is 0 Å². The second-order valence-electron chi connectivity index (χ2n) is 4.91. The molecule has 1 amide bonds. The van der Waals surface area contributed by atoms with Gasteiger partial charge in [-0.2, -0.15) is 0 Å². The summed E-state index contributed by atoms with van der Waals surface area (Å²) in [5, 5.41) is 2.89. The lowest BCUT2D eigenvalue weighted by atomic mass is 10.1. The van der Waals surface area contributed by atoms with Crippen molar-refractivity contribution in [3.8, 4) is 5.75 Å². The van der Waals surface area contributed by atoms with Gasteiger partial charge in [-0.05, 0) is 43.5 Å². The lowest BCUT2D eigenvalue weighted by Gasteiger charge is -2.13. The fourth-order valence-electron chi connectivity index (χ4n) is 1.54. The molecule has 106 valence electrons. The number of nitrogens with one attached hydrogen (secondary N) is 1. The third-order valence-corrected chi connectivity index (χ3v) is 3.87. The van der Waals surface area contributed by atoms with Crippen LogP contribution in [0.1, 0.15) is 27.2 Å². The Kier molecular flexibility index (Phi) is 6.78. The Hall–Kier alpha value is -1.16. The Morgan fingerprint density at radius 3 is 2.42 bits per heavy atom. The standard InChI is InChI=1S/C15H23NO2S/c1-11(2)9-10-16-15(17)12(3)19-14-7-5-13(18-4)6-8-14/h5-8,11-12H,9-10H2,1-4H3,(H,16,17)/t12-/m1/s1. The molecule has 1 N–H and O–H groups in total. The molecule has 4 heteroatoms. The van der Waals surface area contributed by atoms with Gasteiger partial charge in [0.25, 0.3) is 0 Å². The van der Waals surface area contributed by atoms with Crippen molar-refractivity contribution in [1.29, 1.82) is 0 Å². The van der Waals surface area contributed by atoms with Crippen LogP contribution >= 0.6 is 11.8 Å². The van der Waals surface area contributed by atoms with Crippen LogP contribution < -0.4 is 10.1 Å². The molecular weight excluding hydrogens is 258 g/mol. The molecule has 0 heterocycles. The van der Waals surface area contributed by atoms with Gasteiger partial charge in [0.1, 0.15) is 5.75 Å². The quantitative estimate of drug-likeness (QED) is 0.779. The molecule has 0 saturated heterocycles. The van der Waals surface area contributed by atoms with Crippen LogP contribution in [0.3, 0.4) is 0 Å². The Balaban J connectivity index is 2.40. The van der Waals surface area contributed by atoms with Crippen LogP contribution in [0, 0.1) is 5.92 Å². The third kappa shape index (κ3) is 6.01. The van der Waals surface area contributed by atoms with Gasteiger partial charge in [-0.3, -0.25) is 4.79 Å². The largest absolute Gasteiger partial charge is 0.497 e. The van der Waals surface area contributed by atoms with Gasteiger partial charge in [0.2, 0.25) is 5.91 Å². The number of carbonyl (C=O) groups excluding carboxylic acids is 1. The van der Waals surface area contributed by atoms with E-state index in [4.69, 9.17) is 4.74 Å². The van der Waals surface area contributed by atoms with Gasteiger partial charge in [0, 0.05) is 11.4 Å². The fraction of sp³-hybridized carbons (Fsp3) is 0.533. The number of thioether (sulfide) groups is 1. The molecule has 0 bridgehead atoms. The monoisotopic (exact) mass is 281 g/mol. The molecule has 0 fully saturated rings. The number of amides is 1. The average molecular weight is 281 g/mol. The Bertz CT molecular complexity index is 390. The molecular formula is C15H23NO2S. The zero-order valence-corrected chi connectivity index (χ0v) is 12.9. The van der Waals surface area contributed by atoms with E-state index in [1.54, 1.807) is 18.9 Å². The molecule has 1 rings (SSSR count). The lowest BCUT2D eigenvalue weighted by Crippen LogP contribution is -2.32. The minimum atomic E-state index is -0.0828. The number of rotatable bonds is 7. The first-order valence-electron chi connectivity index (χ1n) is 6.61. The number of benzene rings is 1. The molecule has 3 nitrogen and oxygen atoms in total. The van der Waals surface area contributed by atoms with Gasteiger partial charge in [-0.25, -0.2) is 0 Å². The van der Waals surface area contributed by atoms with Gasteiger partial charge in [0.15, 0.2) is 0 Å². The minimum absolute atomic E-state index is 0.0828. The number of carbonyl (C=O) groups is 1. The highest BCUT2D eigenvalue weighted by Gasteiger charge is 2.13. The Labute approximate surface area is 120 Å². The number of ether oxygens (including phenoxy) is 1. The maximum Gasteiger partial charge on any atom is 0.233 e. The summed E-state index contributed by atoms with van der Waals surface area (Å²) in [5.74, 6) is 1.55. The van der Waals surface area contributed by atoms with Crippen LogP contribution in [-0.4, -0.2) is 24.8 Å².